The normalized spacial score (nSPS) is 14.4. The largest absolute Gasteiger partial charge is 0.382 e. The Balaban J connectivity index is 2.85. The van der Waals surface area contributed by atoms with Gasteiger partial charge in [-0.05, 0) is 12.5 Å². The van der Waals surface area contributed by atoms with Crippen molar-refractivity contribution in [3.63, 3.8) is 0 Å². The van der Waals surface area contributed by atoms with Gasteiger partial charge in [0, 0.05) is 13.0 Å². The Morgan fingerprint density at radius 2 is 2.06 bits per heavy atom. The molecule has 1 rings (SSSR count). The van der Waals surface area contributed by atoms with Crippen molar-refractivity contribution in [2.24, 2.45) is 5.73 Å². The molecule has 1 atom stereocenters. The minimum absolute atomic E-state index is 0.167. The topological polar surface area (TPSA) is 72.6 Å². The van der Waals surface area contributed by atoms with Crippen LogP contribution in [-0.4, -0.2) is 24.2 Å². The zero-order valence-corrected chi connectivity index (χ0v) is 9.35. The van der Waals surface area contributed by atoms with Crippen LogP contribution in [0.5, 0.6) is 0 Å². The zero-order chi connectivity index (χ0) is 12.0. The molecule has 0 aliphatic carbocycles. The van der Waals surface area contributed by atoms with Crippen molar-refractivity contribution in [2.75, 3.05) is 13.2 Å². The number of ether oxygens (including phenoxy) is 1. The van der Waals surface area contributed by atoms with Crippen LogP contribution in [0.3, 0.4) is 0 Å². The molecule has 0 radical (unpaired) electrons. The Bertz CT molecular complexity index is 339. The molecule has 88 valence electrons. The Morgan fingerprint density at radius 3 is 2.56 bits per heavy atom. The van der Waals surface area contributed by atoms with E-state index in [9.17, 15) is 9.90 Å². The van der Waals surface area contributed by atoms with Crippen molar-refractivity contribution in [1.82, 2.24) is 0 Å². The molecule has 0 aliphatic rings. The molecule has 0 heterocycles. The van der Waals surface area contributed by atoms with Gasteiger partial charge in [0.1, 0.15) is 0 Å². The fourth-order valence-electron chi connectivity index (χ4n) is 1.49. The van der Waals surface area contributed by atoms with Gasteiger partial charge in [-0.1, -0.05) is 30.3 Å². The predicted octanol–water partition coefficient (Wildman–Crippen LogP) is 0.786. The molecule has 0 fully saturated rings. The average molecular weight is 223 g/mol. The van der Waals surface area contributed by atoms with Gasteiger partial charge in [0.05, 0.1) is 6.61 Å². The van der Waals surface area contributed by atoms with Crippen LogP contribution in [0, 0.1) is 0 Å². The van der Waals surface area contributed by atoms with Crippen LogP contribution in [0.4, 0.5) is 0 Å². The number of hydrogen-bond donors (Lipinski definition) is 2. The lowest BCUT2D eigenvalue weighted by Crippen LogP contribution is -2.42. The van der Waals surface area contributed by atoms with Crippen LogP contribution in [0.1, 0.15) is 18.9 Å². The summed E-state index contributed by atoms with van der Waals surface area (Å²) in [6.45, 7) is 2.69. The molecule has 3 N–H and O–H groups in total. The number of carbonyl (C=O) groups is 1. The van der Waals surface area contributed by atoms with Crippen molar-refractivity contribution >= 4 is 5.91 Å². The van der Waals surface area contributed by atoms with Crippen LogP contribution >= 0.6 is 0 Å². The second kappa shape index (κ2) is 5.63. The molecule has 0 aliphatic heterocycles. The molecule has 1 unspecified atom stereocenters. The van der Waals surface area contributed by atoms with Crippen molar-refractivity contribution in [3.8, 4) is 0 Å². The summed E-state index contributed by atoms with van der Waals surface area (Å²) in [5.74, 6) is -0.751. The first-order valence-corrected chi connectivity index (χ1v) is 5.27. The Hall–Kier alpha value is -1.39. The van der Waals surface area contributed by atoms with Gasteiger partial charge in [-0.25, -0.2) is 0 Å². The number of nitrogens with two attached hydrogens (primary N) is 1. The van der Waals surface area contributed by atoms with Crippen LogP contribution in [0.2, 0.25) is 0 Å². The molecule has 0 bridgehead atoms. The van der Waals surface area contributed by atoms with E-state index in [1.165, 1.54) is 0 Å². The quantitative estimate of drug-likeness (QED) is 0.700. The highest BCUT2D eigenvalue weighted by molar-refractivity contribution is 5.84. The summed E-state index contributed by atoms with van der Waals surface area (Å²) in [5.41, 5.74) is 4.10. The lowest BCUT2D eigenvalue weighted by molar-refractivity contribution is -0.139. The number of amides is 1. The van der Waals surface area contributed by atoms with E-state index >= 15 is 0 Å². The van der Waals surface area contributed by atoms with E-state index in [1.807, 2.05) is 13.0 Å². The highest BCUT2D eigenvalue weighted by Crippen LogP contribution is 2.24. The molecular formula is C12H17NO3. The monoisotopic (exact) mass is 223 g/mol. The molecule has 16 heavy (non-hydrogen) atoms. The first-order valence-electron chi connectivity index (χ1n) is 5.27. The Labute approximate surface area is 95.0 Å². The maximum absolute atomic E-state index is 11.3. The van der Waals surface area contributed by atoms with E-state index in [0.717, 1.165) is 0 Å². The van der Waals surface area contributed by atoms with Gasteiger partial charge in [0.15, 0.2) is 5.60 Å². The molecule has 0 aromatic heterocycles. The third-order valence-corrected chi connectivity index (χ3v) is 2.47. The number of hydrogen-bond acceptors (Lipinski definition) is 3. The third kappa shape index (κ3) is 2.81. The Morgan fingerprint density at radius 1 is 1.44 bits per heavy atom. The minimum atomic E-state index is -1.64. The first-order chi connectivity index (χ1) is 7.61. The highest BCUT2D eigenvalue weighted by atomic mass is 16.5. The maximum atomic E-state index is 11.3. The summed E-state index contributed by atoms with van der Waals surface area (Å²) in [6, 6.07) is 8.68. The van der Waals surface area contributed by atoms with Gasteiger partial charge in [-0.2, -0.15) is 0 Å². The SMILES string of the molecule is CCOCCC(O)(C(N)=O)c1ccccc1. The van der Waals surface area contributed by atoms with Gasteiger partial charge < -0.3 is 15.6 Å². The highest BCUT2D eigenvalue weighted by Gasteiger charge is 2.35. The van der Waals surface area contributed by atoms with Gasteiger partial charge in [-0.3, -0.25) is 4.79 Å². The van der Waals surface area contributed by atoms with Gasteiger partial charge >= 0.3 is 0 Å². The second-order valence-corrected chi connectivity index (χ2v) is 3.54. The van der Waals surface area contributed by atoms with Crippen LogP contribution in [0.15, 0.2) is 30.3 Å². The number of carbonyl (C=O) groups excluding carboxylic acids is 1. The molecule has 0 saturated heterocycles. The van der Waals surface area contributed by atoms with E-state index in [4.69, 9.17) is 10.5 Å². The lowest BCUT2D eigenvalue weighted by Gasteiger charge is -2.24. The maximum Gasteiger partial charge on any atom is 0.254 e. The van der Waals surface area contributed by atoms with Crippen LogP contribution in [-0.2, 0) is 15.1 Å². The number of benzene rings is 1. The minimum Gasteiger partial charge on any atom is -0.382 e. The van der Waals surface area contributed by atoms with Gasteiger partial charge in [0.2, 0.25) is 0 Å². The van der Waals surface area contributed by atoms with Crippen LogP contribution < -0.4 is 5.73 Å². The van der Waals surface area contributed by atoms with Gasteiger partial charge in [-0.15, -0.1) is 0 Å². The summed E-state index contributed by atoms with van der Waals surface area (Å²) < 4.78 is 5.13. The van der Waals surface area contributed by atoms with Crippen molar-refractivity contribution in [2.45, 2.75) is 18.9 Å². The first kappa shape index (κ1) is 12.7. The average Bonchev–Trinajstić information content (AvgIpc) is 2.30. The van der Waals surface area contributed by atoms with Gasteiger partial charge in [0.25, 0.3) is 5.91 Å². The summed E-state index contributed by atoms with van der Waals surface area (Å²) in [5, 5.41) is 10.2. The molecule has 1 amide bonds. The molecule has 1 aromatic carbocycles. The van der Waals surface area contributed by atoms with Crippen LogP contribution in [0.25, 0.3) is 0 Å². The summed E-state index contributed by atoms with van der Waals surface area (Å²) in [6.07, 6.45) is 0.167. The molecule has 0 saturated carbocycles. The number of rotatable bonds is 6. The van der Waals surface area contributed by atoms with E-state index in [-0.39, 0.29) is 6.42 Å². The molecule has 0 spiro atoms. The smallest absolute Gasteiger partial charge is 0.254 e. The molecule has 4 heteroatoms. The van der Waals surface area contributed by atoms with E-state index in [0.29, 0.717) is 18.8 Å². The Kier molecular flexibility index (Phi) is 4.46. The zero-order valence-electron chi connectivity index (χ0n) is 9.35. The van der Waals surface area contributed by atoms with E-state index in [1.54, 1.807) is 24.3 Å². The summed E-state index contributed by atoms with van der Waals surface area (Å²) in [7, 11) is 0. The molecule has 4 nitrogen and oxygen atoms in total. The lowest BCUT2D eigenvalue weighted by atomic mass is 9.90. The van der Waals surface area contributed by atoms with Crippen molar-refractivity contribution in [3.05, 3.63) is 35.9 Å². The number of aliphatic hydroxyl groups is 1. The predicted molar refractivity (Wildman–Crippen MR) is 60.6 cm³/mol. The second-order valence-electron chi connectivity index (χ2n) is 3.54. The number of primary amides is 1. The third-order valence-electron chi connectivity index (χ3n) is 2.47. The van der Waals surface area contributed by atoms with Crippen molar-refractivity contribution in [1.29, 1.82) is 0 Å². The molecular weight excluding hydrogens is 206 g/mol. The summed E-state index contributed by atoms with van der Waals surface area (Å²) in [4.78, 5) is 11.3. The molecule has 1 aromatic rings. The fraction of sp³-hybridized carbons (Fsp3) is 0.417. The van der Waals surface area contributed by atoms with Crippen molar-refractivity contribution < 1.29 is 14.6 Å². The fourth-order valence-corrected chi connectivity index (χ4v) is 1.49. The summed E-state index contributed by atoms with van der Waals surface area (Å²) >= 11 is 0. The van der Waals surface area contributed by atoms with E-state index in [2.05, 4.69) is 0 Å². The van der Waals surface area contributed by atoms with E-state index < -0.39 is 11.5 Å². The standard InChI is InChI=1S/C12H17NO3/c1-2-16-9-8-12(15,11(13)14)10-6-4-3-5-7-10/h3-7,15H,2,8-9H2,1H3,(H2,13,14).